The fourth-order valence-electron chi connectivity index (χ4n) is 4.01. The van der Waals surface area contributed by atoms with Crippen LogP contribution in [0.4, 0.5) is 4.39 Å². The van der Waals surface area contributed by atoms with Crippen LogP contribution < -0.4 is 0 Å². The molecule has 0 spiro atoms. The Labute approximate surface area is 151 Å². The van der Waals surface area contributed by atoms with Crippen LogP contribution in [0, 0.1) is 11.7 Å². The fourth-order valence-corrected chi connectivity index (χ4v) is 4.01. The van der Waals surface area contributed by atoms with Gasteiger partial charge in [-0.25, -0.2) is 4.39 Å². The van der Waals surface area contributed by atoms with E-state index < -0.39 is 0 Å². The van der Waals surface area contributed by atoms with Gasteiger partial charge in [0.05, 0.1) is 5.69 Å². The van der Waals surface area contributed by atoms with Crippen molar-refractivity contribution >= 4 is 0 Å². The van der Waals surface area contributed by atoms with Crippen molar-refractivity contribution in [3.05, 3.63) is 53.5 Å². The van der Waals surface area contributed by atoms with E-state index in [1.807, 2.05) is 24.4 Å². The lowest BCUT2D eigenvalue weighted by Crippen LogP contribution is -2.12. The predicted molar refractivity (Wildman–Crippen MR) is 103 cm³/mol. The van der Waals surface area contributed by atoms with E-state index in [2.05, 4.69) is 24.9 Å². The summed E-state index contributed by atoms with van der Waals surface area (Å²) in [6, 6.07) is 9.74. The Bertz CT molecular complexity index is 669. The normalized spacial score (nSPS) is 20.6. The van der Waals surface area contributed by atoms with Crippen molar-refractivity contribution in [1.29, 1.82) is 0 Å². The summed E-state index contributed by atoms with van der Waals surface area (Å²) < 4.78 is 14.5. The molecule has 1 fully saturated rings. The number of aryl methyl sites for hydroxylation is 1. The number of hydrogen-bond acceptors (Lipinski definition) is 1. The Kier molecular flexibility index (Phi) is 6.23. The van der Waals surface area contributed by atoms with Crippen molar-refractivity contribution < 1.29 is 4.39 Å². The first-order chi connectivity index (χ1) is 12.2. The van der Waals surface area contributed by atoms with Crippen molar-refractivity contribution in [2.75, 3.05) is 0 Å². The second kappa shape index (κ2) is 8.60. The highest BCUT2D eigenvalue weighted by atomic mass is 19.1. The number of hydrogen-bond donors (Lipinski definition) is 0. The summed E-state index contributed by atoms with van der Waals surface area (Å²) in [5.74, 6) is 1.38. The van der Waals surface area contributed by atoms with Gasteiger partial charge in [-0.2, -0.15) is 0 Å². The number of rotatable bonds is 6. The maximum atomic E-state index is 14.5. The molecule has 1 aromatic carbocycles. The van der Waals surface area contributed by atoms with E-state index in [-0.39, 0.29) is 5.82 Å². The van der Waals surface area contributed by atoms with Crippen molar-refractivity contribution in [3.8, 4) is 11.3 Å². The topological polar surface area (TPSA) is 12.9 Å². The van der Waals surface area contributed by atoms with Crippen molar-refractivity contribution in [2.24, 2.45) is 5.92 Å². The van der Waals surface area contributed by atoms with Crippen molar-refractivity contribution in [1.82, 2.24) is 4.98 Å². The minimum absolute atomic E-state index is 0.155. The molecular formula is C23H30FN. The summed E-state index contributed by atoms with van der Waals surface area (Å²) in [4.78, 5) is 4.58. The van der Waals surface area contributed by atoms with Crippen LogP contribution in [0.2, 0.25) is 0 Å². The summed E-state index contributed by atoms with van der Waals surface area (Å²) in [5, 5.41) is 0. The molecule has 1 nitrogen and oxygen atoms in total. The number of benzene rings is 1. The van der Waals surface area contributed by atoms with Crippen LogP contribution in [0.5, 0.6) is 0 Å². The quantitative estimate of drug-likeness (QED) is 0.557. The van der Waals surface area contributed by atoms with E-state index in [1.165, 1.54) is 37.7 Å². The number of aromatic nitrogens is 1. The Hall–Kier alpha value is -1.70. The Morgan fingerprint density at radius 3 is 2.44 bits per heavy atom. The minimum atomic E-state index is -0.155. The van der Waals surface area contributed by atoms with Crippen LogP contribution in [0.25, 0.3) is 11.3 Å². The first-order valence-corrected chi connectivity index (χ1v) is 9.96. The maximum Gasteiger partial charge on any atom is 0.132 e. The molecule has 3 rings (SSSR count). The van der Waals surface area contributed by atoms with Gasteiger partial charge in [-0.15, -0.1) is 0 Å². The molecule has 1 aromatic heterocycles. The second-order valence-electron chi connectivity index (χ2n) is 7.52. The Morgan fingerprint density at radius 1 is 1.04 bits per heavy atom. The van der Waals surface area contributed by atoms with Crippen LogP contribution in [0.3, 0.4) is 0 Å². The van der Waals surface area contributed by atoms with E-state index in [4.69, 9.17) is 0 Å². The number of nitrogens with zero attached hydrogens (tertiary/aromatic N) is 1. The highest BCUT2D eigenvalue weighted by Gasteiger charge is 2.21. The van der Waals surface area contributed by atoms with E-state index in [9.17, 15) is 4.39 Å². The van der Waals surface area contributed by atoms with Crippen LogP contribution in [0.1, 0.15) is 75.8 Å². The lowest BCUT2D eigenvalue weighted by molar-refractivity contribution is 0.318. The molecule has 0 bridgehead atoms. The van der Waals surface area contributed by atoms with Crippen molar-refractivity contribution in [2.45, 2.75) is 71.1 Å². The molecule has 0 atom stereocenters. The molecule has 0 saturated heterocycles. The average molecular weight is 339 g/mol. The highest BCUT2D eigenvalue weighted by Crippen LogP contribution is 2.37. The summed E-state index contributed by atoms with van der Waals surface area (Å²) in [7, 11) is 0. The molecule has 0 amide bonds. The van der Waals surface area contributed by atoms with E-state index in [1.54, 1.807) is 6.07 Å². The lowest BCUT2D eigenvalue weighted by atomic mass is 9.78. The SMILES string of the molecule is CCCCc1ccc(-c2ccc(C3CCC(CC)CC3)cn2)c(F)c1. The van der Waals surface area contributed by atoms with Crippen molar-refractivity contribution in [3.63, 3.8) is 0 Å². The van der Waals surface area contributed by atoms with Gasteiger partial charge >= 0.3 is 0 Å². The molecule has 2 heteroatoms. The second-order valence-corrected chi connectivity index (χ2v) is 7.52. The molecule has 1 aliphatic rings. The molecule has 134 valence electrons. The molecule has 1 heterocycles. The third-order valence-electron chi connectivity index (χ3n) is 5.81. The van der Waals surface area contributed by atoms with Crippen LogP contribution >= 0.6 is 0 Å². The third kappa shape index (κ3) is 4.48. The average Bonchev–Trinajstić information content (AvgIpc) is 2.67. The van der Waals surface area contributed by atoms with Crippen LogP contribution in [-0.4, -0.2) is 4.98 Å². The summed E-state index contributed by atoms with van der Waals surface area (Å²) >= 11 is 0. The van der Waals surface area contributed by atoms with Gasteiger partial charge < -0.3 is 0 Å². The Morgan fingerprint density at radius 2 is 1.84 bits per heavy atom. The molecular weight excluding hydrogens is 309 g/mol. The molecule has 2 aromatic rings. The van der Waals surface area contributed by atoms with E-state index in [0.29, 0.717) is 11.5 Å². The zero-order valence-corrected chi connectivity index (χ0v) is 15.6. The first kappa shape index (κ1) is 18.1. The van der Waals surface area contributed by atoms with Gasteiger partial charge in [0.1, 0.15) is 5.82 Å². The van der Waals surface area contributed by atoms with E-state index >= 15 is 0 Å². The molecule has 0 N–H and O–H groups in total. The zero-order valence-electron chi connectivity index (χ0n) is 15.6. The number of unbranched alkanes of at least 4 members (excludes halogenated alkanes) is 1. The van der Waals surface area contributed by atoms with Crippen LogP contribution in [0.15, 0.2) is 36.5 Å². The van der Waals surface area contributed by atoms with Gasteiger partial charge in [-0.1, -0.05) is 38.8 Å². The number of halogens is 1. The van der Waals surface area contributed by atoms with Gasteiger partial charge in [-0.05, 0) is 79.7 Å². The first-order valence-electron chi connectivity index (χ1n) is 9.96. The highest BCUT2D eigenvalue weighted by molar-refractivity contribution is 5.60. The molecule has 25 heavy (non-hydrogen) atoms. The molecule has 0 aliphatic heterocycles. The fraction of sp³-hybridized carbons (Fsp3) is 0.522. The zero-order chi connectivity index (χ0) is 17.6. The standard InChI is InChI=1S/C23H30FN/c1-3-5-6-18-9-13-21(22(24)15-18)23-14-12-20(16-25-23)19-10-7-17(4-2)8-11-19/h9,12-17,19H,3-8,10-11H2,1-2H3. The maximum absolute atomic E-state index is 14.5. The minimum Gasteiger partial charge on any atom is -0.256 e. The third-order valence-corrected chi connectivity index (χ3v) is 5.81. The summed E-state index contributed by atoms with van der Waals surface area (Å²) in [5.41, 5.74) is 3.75. The van der Waals surface area contributed by atoms with Gasteiger partial charge in [0.2, 0.25) is 0 Å². The molecule has 1 aliphatic carbocycles. The molecule has 1 saturated carbocycles. The molecule has 0 radical (unpaired) electrons. The predicted octanol–water partition coefficient (Wildman–Crippen LogP) is 6.91. The summed E-state index contributed by atoms with van der Waals surface area (Å²) in [6.45, 7) is 4.45. The van der Waals surface area contributed by atoms with Gasteiger partial charge in [-0.3, -0.25) is 4.98 Å². The largest absolute Gasteiger partial charge is 0.256 e. The van der Waals surface area contributed by atoms with E-state index in [0.717, 1.165) is 36.4 Å². The van der Waals surface area contributed by atoms with Gasteiger partial charge in [0, 0.05) is 11.8 Å². The van der Waals surface area contributed by atoms with Gasteiger partial charge in [0.25, 0.3) is 0 Å². The van der Waals surface area contributed by atoms with Crippen LogP contribution in [-0.2, 0) is 6.42 Å². The monoisotopic (exact) mass is 339 g/mol. The number of pyridine rings is 1. The smallest absolute Gasteiger partial charge is 0.132 e. The molecule has 0 unspecified atom stereocenters. The summed E-state index contributed by atoms with van der Waals surface area (Å²) in [6.07, 6.45) is 11.6. The lowest BCUT2D eigenvalue weighted by Gasteiger charge is -2.27. The van der Waals surface area contributed by atoms with Gasteiger partial charge in [0.15, 0.2) is 0 Å². The Balaban J connectivity index is 1.70.